The lowest BCUT2D eigenvalue weighted by molar-refractivity contribution is 0.0721. The largest absolute Gasteiger partial charge is 0.377 e. The highest BCUT2D eigenvalue weighted by molar-refractivity contribution is 5.15. The molecule has 1 aromatic rings. The Bertz CT molecular complexity index is 370. The van der Waals surface area contributed by atoms with Crippen LogP contribution in [0, 0.1) is 0 Å². The molecule has 1 unspecified atom stereocenters. The van der Waals surface area contributed by atoms with E-state index in [0.29, 0.717) is 6.61 Å². The van der Waals surface area contributed by atoms with Crippen LogP contribution < -0.4 is 0 Å². The van der Waals surface area contributed by atoms with Crippen molar-refractivity contribution in [3.05, 3.63) is 47.5 Å². The van der Waals surface area contributed by atoms with Crippen LogP contribution in [0.2, 0.25) is 0 Å². The van der Waals surface area contributed by atoms with E-state index < -0.39 is 0 Å². The molecule has 0 heterocycles. The van der Waals surface area contributed by atoms with Crippen molar-refractivity contribution in [2.45, 2.75) is 38.9 Å². The Balaban J connectivity index is 1.71. The molecule has 1 aliphatic carbocycles. The first-order valence-electron chi connectivity index (χ1n) is 6.81. The molecule has 0 aromatic heterocycles. The number of benzene rings is 1. The quantitative estimate of drug-likeness (QED) is 0.539. The minimum atomic E-state index is 0.269. The monoisotopic (exact) mass is 246 g/mol. The topological polar surface area (TPSA) is 18.5 Å². The molecule has 0 aliphatic heterocycles. The molecule has 2 heteroatoms. The molecule has 0 saturated heterocycles. The summed E-state index contributed by atoms with van der Waals surface area (Å²) in [6.45, 7) is 4.46. The minimum Gasteiger partial charge on any atom is -0.377 e. The van der Waals surface area contributed by atoms with Crippen LogP contribution in [0.25, 0.3) is 0 Å². The van der Waals surface area contributed by atoms with Crippen LogP contribution in [0.1, 0.15) is 31.7 Å². The number of hydrogen-bond acceptors (Lipinski definition) is 2. The molecule has 2 nitrogen and oxygen atoms in total. The molecule has 0 fully saturated rings. The highest BCUT2D eigenvalue weighted by Crippen LogP contribution is 2.22. The molecule has 0 saturated carbocycles. The molecule has 0 radical (unpaired) electrons. The molecule has 0 spiro atoms. The SMILES string of the molecule is CCCOCC1=CC(OCc2ccccc2)CC1. The summed E-state index contributed by atoms with van der Waals surface area (Å²) in [7, 11) is 0. The average Bonchev–Trinajstić information content (AvgIpc) is 2.86. The van der Waals surface area contributed by atoms with Crippen molar-refractivity contribution in [3.63, 3.8) is 0 Å². The average molecular weight is 246 g/mol. The van der Waals surface area contributed by atoms with Gasteiger partial charge in [0.15, 0.2) is 0 Å². The lowest BCUT2D eigenvalue weighted by Gasteiger charge is -2.09. The summed E-state index contributed by atoms with van der Waals surface area (Å²) in [5, 5.41) is 0. The van der Waals surface area contributed by atoms with Crippen molar-refractivity contribution in [3.8, 4) is 0 Å². The van der Waals surface area contributed by atoms with E-state index in [1.165, 1.54) is 11.1 Å². The van der Waals surface area contributed by atoms with Crippen LogP contribution in [0.4, 0.5) is 0 Å². The zero-order valence-corrected chi connectivity index (χ0v) is 11.1. The molecule has 0 amide bonds. The maximum atomic E-state index is 5.89. The second-order valence-corrected chi connectivity index (χ2v) is 4.75. The molecule has 0 N–H and O–H groups in total. The van der Waals surface area contributed by atoms with Crippen molar-refractivity contribution in [1.29, 1.82) is 0 Å². The summed E-state index contributed by atoms with van der Waals surface area (Å²) in [6.07, 6.45) is 5.80. The van der Waals surface area contributed by atoms with Crippen molar-refractivity contribution in [2.24, 2.45) is 0 Å². The first kappa shape index (κ1) is 13.3. The van der Waals surface area contributed by atoms with Gasteiger partial charge in [-0.25, -0.2) is 0 Å². The summed E-state index contributed by atoms with van der Waals surface area (Å²) in [5.74, 6) is 0. The zero-order valence-electron chi connectivity index (χ0n) is 11.1. The molecular formula is C16H22O2. The normalized spacial score (nSPS) is 18.9. The van der Waals surface area contributed by atoms with Crippen molar-refractivity contribution < 1.29 is 9.47 Å². The molecule has 18 heavy (non-hydrogen) atoms. The standard InChI is InChI=1S/C16H22O2/c1-2-10-17-12-15-8-9-16(11-15)18-13-14-6-4-3-5-7-14/h3-7,11,16H,2,8-10,12-13H2,1H3. The summed E-state index contributed by atoms with van der Waals surface area (Å²) in [4.78, 5) is 0. The first-order valence-corrected chi connectivity index (χ1v) is 6.81. The van der Waals surface area contributed by atoms with Crippen molar-refractivity contribution >= 4 is 0 Å². The van der Waals surface area contributed by atoms with Crippen LogP contribution in [0.3, 0.4) is 0 Å². The van der Waals surface area contributed by atoms with Gasteiger partial charge in [0.1, 0.15) is 0 Å². The van der Waals surface area contributed by atoms with Gasteiger partial charge in [0.25, 0.3) is 0 Å². The summed E-state index contributed by atoms with van der Waals surface area (Å²) < 4.78 is 11.4. The van der Waals surface area contributed by atoms with Gasteiger partial charge in [0, 0.05) is 6.61 Å². The van der Waals surface area contributed by atoms with E-state index in [0.717, 1.165) is 32.5 Å². The molecule has 0 bridgehead atoms. The van der Waals surface area contributed by atoms with Gasteiger partial charge < -0.3 is 9.47 Å². The minimum absolute atomic E-state index is 0.269. The van der Waals surface area contributed by atoms with Gasteiger partial charge in [0.2, 0.25) is 0 Å². The fourth-order valence-corrected chi connectivity index (χ4v) is 2.13. The smallest absolute Gasteiger partial charge is 0.0766 e. The van der Waals surface area contributed by atoms with Gasteiger partial charge in [-0.3, -0.25) is 0 Å². The number of hydrogen-bond donors (Lipinski definition) is 0. The van der Waals surface area contributed by atoms with E-state index in [1.807, 2.05) is 18.2 Å². The van der Waals surface area contributed by atoms with Gasteiger partial charge in [-0.2, -0.15) is 0 Å². The van der Waals surface area contributed by atoms with E-state index >= 15 is 0 Å². The number of ether oxygens (including phenoxy) is 2. The lowest BCUT2D eigenvalue weighted by Crippen LogP contribution is -2.05. The predicted octanol–water partition coefficient (Wildman–Crippen LogP) is 3.72. The fourth-order valence-electron chi connectivity index (χ4n) is 2.13. The Hall–Kier alpha value is -1.12. The first-order chi connectivity index (χ1) is 8.88. The van der Waals surface area contributed by atoms with Gasteiger partial charge >= 0.3 is 0 Å². The zero-order chi connectivity index (χ0) is 12.6. The highest BCUT2D eigenvalue weighted by Gasteiger charge is 2.16. The van der Waals surface area contributed by atoms with Crippen LogP contribution in [0.5, 0.6) is 0 Å². The third kappa shape index (κ3) is 4.28. The Labute approximate surface area is 110 Å². The van der Waals surface area contributed by atoms with Crippen LogP contribution in [-0.4, -0.2) is 19.3 Å². The molecular weight excluding hydrogens is 224 g/mol. The summed E-state index contributed by atoms with van der Waals surface area (Å²) in [6, 6.07) is 10.3. The van der Waals surface area contributed by atoms with E-state index in [9.17, 15) is 0 Å². The van der Waals surface area contributed by atoms with Gasteiger partial charge in [-0.05, 0) is 30.4 Å². The Morgan fingerprint density at radius 1 is 1.17 bits per heavy atom. The second kappa shape index (κ2) is 7.34. The molecule has 1 aliphatic rings. The fraction of sp³-hybridized carbons (Fsp3) is 0.500. The maximum Gasteiger partial charge on any atom is 0.0766 e. The summed E-state index contributed by atoms with van der Waals surface area (Å²) >= 11 is 0. The van der Waals surface area contributed by atoms with Crippen LogP contribution >= 0.6 is 0 Å². The molecule has 2 rings (SSSR count). The van der Waals surface area contributed by atoms with E-state index in [1.54, 1.807) is 0 Å². The molecule has 1 aromatic carbocycles. The lowest BCUT2D eigenvalue weighted by atomic mass is 10.2. The van der Waals surface area contributed by atoms with Gasteiger partial charge in [-0.1, -0.05) is 43.3 Å². The van der Waals surface area contributed by atoms with Gasteiger partial charge in [0.05, 0.1) is 19.3 Å². The van der Waals surface area contributed by atoms with Crippen molar-refractivity contribution in [2.75, 3.05) is 13.2 Å². The van der Waals surface area contributed by atoms with Gasteiger partial charge in [-0.15, -0.1) is 0 Å². The predicted molar refractivity (Wildman–Crippen MR) is 73.4 cm³/mol. The maximum absolute atomic E-state index is 5.89. The van der Waals surface area contributed by atoms with Crippen LogP contribution in [-0.2, 0) is 16.1 Å². The molecule has 98 valence electrons. The third-order valence-corrected chi connectivity index (χ3v) is 3.11. The van der Waals surface area contributed by atoms with Crippen molar-refractivity contribution in [1.82, 2.24) is 0 Å². The van der Waals surface area contributed by atoms with E-state index in [-0.39, 0.29) is 6.10 Å². The Kier molecular flexibility index (Phi) is 5.43. The molecule has 1 atom stereocenters. The van der Waals surface area contributed by atoms with E-state index in [2.05, 4.69) is 25.1 Å². The Morgan fingerprint density at radius 3 is 2.78 bits per heavy atom. The highest BCUT2D eigenvalue weighted by atomic mass is 16.5. The number of rotatable bonds is 7. The third-order valence-electron chi connectivity index (χ3n) is 3.11. The van der Waals surface area contributed by atoms with E-state index in [4.69, 9.17) is 9.47 Å². The van der Waals surface area contributed by atoms with Crippen LogP contribution in [0.15, 0.2) is 42.0 Å². The second-order valence-electron chi connectivity index (χ2n) is 4.75. The Morgan fingerprint density at radius 2 is 2.00 bits per heavy atom. The summed E-state index contributed by atoms with van der Waals surface area (Å²) in [5.41, 5.74) is 2.63.